The number of benzene rings is 1. The van der Waals surface area contributed by atoms with Gasteiger partial charge < -0.3 is 4.57 Å². The highest BCUT2D eigenvalue weighted by atomic mass is 15.1. The summed E-state index contributed by atoms with van der Waals surface area (Å²) in [5.74, 6) is 1.36. The van der Waals surface area contributed by atoms with Crippen molar-refractivity contribution in [3.8, 4) is 0 Å². The van der Waals surface area contributed by atoms with Crippen LogP contribution in [0.1, 0.15) is 191 Å². The molecule has 0 saturated carbocycles. The van der Waals surface area contributed by atoms with Crippen LogP contribution in [0, 0.1) is 0 Å². The summed E-state index contributed by atoms with van der Waals surface area (Å²) in [5, 5.41) is 0. The van der Waals surface area contributed by atoms with E-state index in [0.717, 1.165) is 25.8 Å². The van der Waals surface area contributed by atoms with Crippen LogP contribution in [0.5, 0.6) is 0 Å². The zero-order chi connectivity index (χ0) is 29.8. The van der Waals surface area contributed by atoms with Gasteiger partial charge in [0.15, 0.2) is 0 Å². The molecule has 0 aliphatic heterocycles. The lowest BCUT2D eigenvalue weighted by molar-refractivity contribution is 0.520. The molecule has 42 heavy (non-hydrogen) atoms. The van der Waals surface area contributed by atoms with Crippen LogP contribution < -0.4 is 0 Å². The van der Waals surface area contributed by atoms with Gasteiger partial charge in [-0.25, -0.2) is 4.98 Å². The van der Waals surface area contributed by atoms with Crippen LogP contribution >= 0.6 is 0 Å². The summed E-state index contributed by atoms with van der Waals surface area (Å²) in [6.07, 6.45) is 41.0. The molecule has 0 aliphatic carbocycles. The summed E-state index contributed by atoms with van der Waals surface area (Å²) in [6.45, 7) is 5.77. The SMILES string of the molecule is CCCCCCCCCCCCCCCCCCc1nc(CCCc2ccccc2)cn1CCCCCCCCCC. The molecule has 2 heteroatoms. The molecule has 2 rings (SSSR count). The maximum atomic E-state index is 5.16. The standard InChI is InChI=1S/C40H70N2/c1-3-5-7-9-11-13-14-15-16-17-18-19-20-21-23-28-35-40-41-39(34-30-33-38-31-26-25-27-32-38)37-42(40)36-29-24-22-12-10-8-6-4-2/h25-27,31-32,37H,3-24,28-30,33-36H2,1-2H3. The quantitative estimate of drug-likeness (QED) is 0.0843. The number of aryl methyl sites for hydroxylation is 4. The van der Waals surface area contributed by atoms with E-state index in [4.69, 9.17) is 4.98 Å². The van der Waals surface area contributed by atoms with E-state index in [1.54, 1.807) is 0 Å². The van der Waals surface area contributed by atoms with Crippen molar-refractivity contribution < 1.29 is 0 Å². The lowest BCUT2D eigenvalue weighted by Crippen LogP contribution is -2.03. The fraction of sp³-hybridized carbons (Fsp3) is 0.775. The van der Waals surface area contributed by atoms with E-state index in [1.807, 2.05) is 0 Å². The highest BCUT2D eigenvalue weighted by molar-refractivity contribution is 5.15. The Morgan fingerprint density at radius 2 is 0.905 bits per heavy atom. The largest absolute Gasteiger partial charge is 0.335 e. The summed E-state index contributed by atoms with van der Waals surface area (Å²) >= 11 is 0. The van der Waals surface area contributed by atoms with Gasteiger partial charge in [0, 0.05) is 19.2 Å². The number of aromatic nitrogens is 2. The summed E-state index contributed by atoms with van der Waals surface area (Å²) < 4.78 is 2.53. The smallest absolute Gasteiger partial charge is 0.108 e. The first-order valence-electron chi connectivity index (χ1n) is 18.9. The first kappa shape index (κ1) is 36.6. The summed E-state index contributed by atoms with van der Waals surface area (Å²) in [5.41, 5.74) is 2.77. The summed E-state index contributed by atoms with van der Waals surface area (Å²) in [4.78, 5) is 5.16. The van der Waals surface area contributed by atoms with Gasteiger partial charge in [-0.15, -0.1) is 0 Å². The highest BCUT2D eigenvalue weighted by Gasteiger charge is 2.09. The van der Waals surface area contributed by atoms with Gasteiger partial charge in [-0.3, -0.25) is 0 Å². The normalized spacial score (nSPS) is 11.5. The second-order valence-corrected chi connectivity index (χ2v) is 13.2. The van der Waals surface area contributed by atoms with Crippen LogP contribution in [0.3, 0.4) is 0 Å². The number of rotatable bonds is 30. The van der Waals surface area contributed by atoms with E-state index in [-0.39, 0.29) is 0 Å². The Morgan fingerprint density at radius 3 is 1.40 bits per heavy atom. The first-order valence-corrected chi connectivity index (χ1v) is 18.9. The predicted octanol–water partition coefficient (Wildman–Crippen LogP) is 13.0. The summed E-state index contributed by atoms with van der Waals surface area (Å²) in [6, 6.07) is 10.9. The maximum absolute atomic E-state index is 5.16. The fourth-order valence-electron chi connectivity index (χ4n) is 6.39. The van der Waals surface area contributed by atoms with Gasteiger partial charge in [-0.2, -0.15) is 0 Å². The van der Waals surface area contributed by atoms with E-state index in [0.29, 0.717) is 0 Å². The molecule has 1 aromatic carbocycles. The molecule has 0 saturated heterocycles. The van der Waals surface area contributed by atoms with Gasteiger partial charge in [0.25, 0.3) is 0 Å². The molecular formula is C40H70N2. The van der Waals surface area contributed by atoms with E-state index in [2.05, 4.69) is 54.9 Å². The molecule has 0 fully saturated rings. The molecule has 2 aromatic rings. The molecule has 0 radical (unpaired) electrons. The van der Waals surface area contributed by atoms with Gasteiger partial charge in [0.2, 0.25) is 0 Å². The molecule has 240 valence electrons. The average Bonchev–Trinajstić information content (AvgIpc) is 3.40. The van der Waals surface area contributed by atoms with Crippen molar-refractivity contribution in [1.29, 1.82) is 0 Å². The number of hydrogen-bond donors (Lipinski definition) is 0. The molecular weight excluding hydrogens is 508 g/mol. The minimum atomic E-state index is 1.10. The monoisotopic (exact) mass is 579 g/mol. The number of imidazole rings is 1. The Morgan fingerprint density at radius 1 is 0.452 bits per heavy atom. The molecule has 1 aromatic heterocycles. The second-order valence-electron chi connectivity index (χ2n) is 13.2. The second kappa shape index (κ2) is 27.0. The van der Waals surface area contributed by atoms with Gasteiger partial charge in [-0.1, -0.05) is 185 Å². The van der Waals surface area contributed by atoms with E-state index in [1.165, 1.54) is 178 Å². The van der Waals surface area contributed by atoms with Crippen LogP contribution in [-0.4, -0.2) is 9.55 Å². The zero-order valence-electron chi connectivity index (χ0n) is 28.4. The van der Waals surface area contributed by atoms with Crippen LogP contribution in [-0.2, 0) is 25.8 Å². The molecule has 0 spiro atoms. The molecule has 0 aliphatic rings. The van der Waals surface area contributed by atoms with Crippen LogP contribution in [0.4, 0.5) is 0 Å². The minimum Gasteiger partial charge on any atom is -0.335 e. The highest BCUT2D eigenvalue weighted by Crippen LogP contribution is 2.17. The Kier molecular flexibility index (Phi) is 23.6. The molecule has 2 nitrogen and oxygen atoms in total. The van der Waals surface area contributed by atoms with Crippen molar-refractivity contribution in [3.05, 3.63) is 53.6 Å². The van der Waals surface area contributed by atoms with Gasteiger partial charge in [-0.05, 0) is 37.7 Å². The number of nitrogens with zero attached hydrogens (tertiary/aromatic N) is 2. The Balaban J connectivity index is 1.58. The molecule has 0 N–H and O–H groups in total. The Bertz CT molecular complexity index is 823. The third kappa shape index (κ3) is 19.6. The fourth-order valence-corrected chi connectivity index (χ4v) is 6.39. The number of hydrogen-bond acceptors (Lipinski definition) is 1. The van der Waals surface area contributed by atoms with Crippen LogP contribution in [0.25, 0.3) is 0 Å². The van der Waals surface area contributed by atoms with Crippen molar-refractivity contribution >= 4 is 0 Å². The van der Waals surface area contributed by atoms with Crippen molar-refractivity contribution in [1.82, 2.24) is 9.55 Å². The lowest BCUT2D eigenvalue weighted by Gasteiger charge is -2.08. The molecule has 0 amide bonds. The topological polar surface area (TPSA) is 17.8 Å². The molecule has 0 unspecified atom stereocenters. The van der Waals surface area contributed by atoms with Crippen molar-refractivity contribution in [2.45, 2.75) is 200 Å². The van der Waals surface area contributed by atoms with E-state index >= 15 is 0 Å². The van der Waals surface area contributed by atoms with Gasteiger partial charge in [0.1, 0.15) is 5.82 Å². The molecule has 1 heterocycles. The number of unbranched alkanes of at least 4 members (excludes halogenated alkanes) is 22. The third-order valence-electron chi connectivity index (χ3n) is 9.16. The van der Waals surface area contributed by atoms with Crippen molar-refractivity contribution in [3.63, 3.8) is 0 Å². The van der Waals surface area contributed by atoms with E-state index < -0.39 is 0 Å². The van der Waals surface area contributed by atoms with Crippen molar-refractivity contribution in [2.24, 2.45) is 0 Å². The average molecular weight is 579 g/mol. The third-order valence-corrected chi connectivity index (χ3v) is 9.16. The van der Waals surface area contributed by atoms with Gasteiger partial charge in [0.05, 0.1) is 5.69 Å². The van der Waals surface area contributed by atoms with Crippen molar-refractivity contribution in [2.75, 3.05) is 0 Å². The minimum absolute atomic E-state index is 1.10. The first-order chi connectivity index (χ1) is 20.8. The summed E-state index contributed by atoms with van der Waals surface area (Å²) in [7, 11) is 0. The van der Waals surface area contributed by atoms with E-state index in [9.17, 15) is 0 Å². The Labute approximate surface area is 262 Å². The molecule has 0 bridgehead atoms. The zero-order valence-corrected chi connectivity index (χ0v) is 28.4. The predicted molar refractivity (Wildman–Crippen MR) is 187 cm³/mol. The maximum Gasteiger partial charge on any atom is 0.108 e. The molecule has 0 atom stereocenters. The van der Waals surface area contributed by atoms with Gasteiger partial charge >= 0.3 is 0 Å². The Hall–Kier alpha value is -1.57. The van der Waals surface area contributed by atoms with Crippen LogP contribution in [0.15, 0.2) is 36.5 Å². The lowest BCUT2D eigenvalue weighted by atomic mass is 10.0. The van der Waals surface area contributed by atoms with Crippen LogP contribution in [0.2, 0.25) is 0 Å².